The molecule has 1 saturated heterocycles. The Bertz CT molecular complexity index is 834. The third-order valence-corrected chi connectivity index (χ3v) is 5.01. The third-order valence-electron chi connectivity index (χ3n) is 3.93. The van der Waals surface area contributed by atoms with Crippen LogP contribution in [0, 0.1) is 13.8 Å². The molecule has 3 rings (SSSR count). The van der Waals surface area contributed by atoms with Crippen LogP contribution in [0.5, 0.6) is 0 Å². The minimum atomic E-state index is -0.501. The number of aryl methyl sites for hydroxylation is 2. The highest BCUT2D eigenvalue weighted by molar-refractivity contribution is 8.15. The van der Waals surface area contributed by atoms with Gasteiger partial charge in [-0.25, -0.2) is 4.99 Å². The maximum absolute atomic E-state index is 12.4. The molecule has 0 saturated carbocycles. The number of rotatable bonds is 3. The zero-order valence-electron chi connectivity index (χ0n) is 14.1. The van der Waals surface area contributed by atoms with Gasteiger partial charge in [0, 0.05) is 12.1 Å². The zero-order chi connectivity index (χ0) is 17.8. The van der Waals surface area contributed by atoms with Gasteiger partial charge in [-0.05, 0) is 49.2 Å². The Kier molecular flexibility index (Phi) is 5.19. The van der Waals surface area contributed by atoms with E-state index in [0.29, 0.717) is 10.9 Å². The van der Waals surface area contributed by atoms with Crippen molar-refractivity contribution >= 4 is 40.1 Å². The summed E-state index contributed by atoms with van der Waals surface area (Å²) in [5, 5.41) is 5.53. The normalized spacial score (nSPS) is 18.7. The summed E-state index contributed by atoms with van der Waals surface area (Å²) in [5.74, 6) is -0.395. The number of aliphatic imine (C=N–C) groups is 1. The highest BCUT2D eigenvalue weighted by Crippen LogP contribution is 2.25. The third kappa shape index (κ3) is 4.48. The average molecular weight is 353 g/mol. The molecule has 1 heterocycles. The number of hydrogen-bond acceptors (Lipinski definition) is 4. The van der Waals surface area contributed by atoms with Gasteiger partial charge in [-0.15, -0.1) is 0 Å². The summed E-state index contributed by atoms with van der Waals surface area (Å²) in [4.78, 5) is 28.9. The minimum absolute atomic E-state index is 0.134. The molecule has 2 aromatic carbocycles. The fourth-order valence-electron chi connectivity index (χ4n) is 2.40. The zero-order valence-corrected chi connectivity index (χ0v) is 14.9. The van der Waals surface area contributed by atoms with Crippen LogP contribution in [0.4, 0.5) is 11.4 Å². The van der Waals surface area contributed by atoms with Crippen LogP contribution >= 0.6 is 11.8 Å². The van der Waals surface area contributed by atoms with Gasteiger partial charge in [-0.2, -0.15) is 0 Å². The Hall–Kier alpha value is -2.60. The van der Waals surface area contributed by atoms with Gasteiger partial charge >= 0.3 is 0 Å². The molecule has 0 spiro atoms. The number of benzene rings is 2. The molecular weight excluding hydrogens is 334 g/mol. The van der Waals surface area contributed by atoms with Crippen LogP contribution in [-0.4, -0.2) is 22.2 Å². The number of para-hydroxylation sites is 1. The number of thioether (sulfide) groups is 1. The molecule has 25 heavy (non-hydrogen) atoms. The summed E-state index contributed by atoms with van der Waals surface area (Å²) in [5.41, 5.74) is 3.79. The summed E-state index contributed by atoms with van der Waals surface area (Å²) in [6.07, 6.45) is 0.134. The molecule has 2 aromatic rings. The van der Waals surface area contributed by atoms with Gasteiger partial charge in [0.15, 0.2) is 5.17 Å². The molecule has 2 amide bonds. The predicted octanol–water partition coefficient (Wildman–Crippen LogP) is 3.55. The van der Waals surface area contributed by atoms with Crippen molar-refractivity contribution in [2.24, 2.45) is 4.99 Å². The summed E-state index contributed by atoms with van der Waals surface area (Å²) in [6, 6.07) is 15.1. The number of anilines is 1. The number of amides is 2. The van der Waals surface area contributed by atoms with Crippen molar-refractivity contribution in [1.29, 1.82) is 0 Å². The van der Waals surface area contributed by atoms with Gasteiger partial charge in [-0.3, -0.25) is 9.59 Å². The van der Waals surface area contributed by atoms with E-state index in [1.807, 2.05) is 62.4 Å². The van der Waals surface area contributed by atoms with E-state index in [4.69, 9.17) is 0 Å². The summed E-state index contributed by atoms with van der Waals surface area (Å²) in [6.45, 7) is 4.05. The Balaban J connectivity index is 1.74. The first-order chi connectivity index (χ1) is 12.0. The second-order valence-electron chi connectivity index (χ2n) is 5.90. The molecule has 5 nitrogen and oxygen atoms in total. The van der Waals surface area contributed by atoms with Crippen LogP contribution in [0.15, 0.2) is 53.5 Å². The molecular formula is C19H19N3O2S. The lowest BCUT2D eigenvalue weighted by Gasteiger charge is -2.22. The second-order valence-corrected chi connectivity index (χ2v) is 7.09. The van der Waals surface area contributed by atoms with Crippen LogP contribution in [0.2, 0.25) is 0 Å². The Labute approximate surface area is 150 Å². The molecule has 0 aromatic heterocycles. The molecule has 1 aliphatic rings. The smallest absolute Gasteiger partial charge is 0.238 e. The van der Waals surface area contributed by atoms with Gasteiger partial charge in [0.05, 0.1) is 5.69 Å². The fourth-order valence-corrected chi connectivity index (χ4v) is 3.40. The van der Waals surface area contributed by atoms with E-state index in [-0.39, 0.29) is 18.2 Å². The summed E-state index contributed by atoms with van der Waals surface area (Å²) < 4.78 is 0. The van der Waals surface area contributed by atoms with Crippen LogP contribution in [0.3, 0.4) is 0 Å². The highest BCUT2D eigenvalue weighted by Gasteiger charge is 2.30. The Morgan fingerprint density at radius 2 is 1.92 bits per heavy atom. The molecule has 2 N–H and O–H groups in total. The minimum Gasteiger partial charge on any atom is -0.325 e. The molecule has 0 bridgehead atoms. The molecule has 0 radical (unpaired) electrons. The van der Waals surface area contributed by atoms with E-state index in [1.54, 1.807) is 0 Å². The molecule has 1 unspecified atom stereocenters. The van der Waals surface area contributed by atoms with E-state index in [1.165, 1.54) is 17.3 Å². The summed E-state index contributed by atoms with van der Waals surface area (Å²) in [7, 11) is 0. The molecule has 1 atom stereocenters. The van der Waals surface area contributed by atoms with Crippen molar-refractivity contribution in [1.82, 2.24) is 5.32 Å². The van der Waals surface area contributed by atoms with E-state index in [2.05, 4.69) is 15.6 Å². The van der Waals surface area contributed by atoms with Crippen molar-refractivity contribution in [2.75, 3.05) is 5.32 Å². The van der Waals surface area contributed by atoms with E-state index >= 15 is 0 Å². The number of hydrogen-bond donors (Lipinski definition) is 2. The molecule has 1 aliphatic heterocycles. The fraction of sp³-hybridized carbons (Fsp3) is 0.211. The molecule has 128 valence electrons. The summed E-state index contributed by atoms with van der Waals surface area (Å²) >= 11 is 1.27. The van der Waals surface area contributed by atoms with Crippen LogP contribution in [-0.2, 0) is 9.59 Å². The lowest BCUT2D eigenvalue weighted by molar-refractivity contribution is -0.123. The SMILES string of the molecule is Cc1ccc(N=C2NC(=O)CC(C(=O)Nc3ccccc3)S2)cc1C. The van der Waals surface area contributed by atoms with Crippen molar-refractivity contribution in [3.05, 3.63) is 59.7 Å². The lowest BCUT2D eigenvalue weighted by atomic mass is 10.1. The maximum atomic E-state index is 12.4. The first kappa shape index (κ1) is 17.2. The number of carbonyl (C=O) groups excluding carboxylic acids is 2. The molecule has 1 fully saturated rings. The number of amidine groups is 1. The van der Waals surface area contributed by atoms with E-state index in [0.717, 1.165) is 11.3 Å². The Morgan fingerprint density at radius 3 is 2.64 bits per heavy atom. The van der Waals surface area contributed by atoms with Gasteiger partial charge in [0.25, 0.3) is 0 Å². The molecule has 6 heteroatoms. The van der Waals surface area contributed by atoms with Crippen molar-refractivity contribution in [2.45, 2.75) is 25.5 Å². The van der Waals surface area contributed by atoms with Gasteiger partial charge in [0.1, 0.15) is 5.25 Å². The first-order valence-corrected chi connectivity index (χ1v) is 8.87. The van der Waals surface area contributed by atoms with E-state index < -0.39 is 5.25 Å². The number of nitrogens with one attached hydrogen (secondary N) is 2. The van der Waals surface area contributed by atoms with Gasteiger partial charge < -0.3 is 10.6 Å². The lowest BCUT2D eigenvalue weighted by Crippen LogP contribution is -2.41. The van der Waals surface area contributed by atoms with Gasteiger partial charge in [-0.1, -0.05) is 36.0 Å². The number of carbonyl (C=O) groups is 2. The van der Waals surface area contributed by atoms with Crippen molar-refractivity contribution in [3.8, 4) is 0 Å². The van der Waals surface area contributed by atoms with E-state index in [9.17, 15) is 9.59 Å². The monoisotopic (exact) mass is 353 g/mol. The second kappa shape index (κ2) is 7.53. The largest absolute Gasteiger partial charge is 0.325 e. The standard InChI is InChI=1S/C19H19N3O2S/c1-12-8-9-15(10-13(12)2)21-19-22-17(23)11-16(25-19)18(24)20-14-6-4-3-5-7-14/h3-10,16H,11H2,1-2H3,(H,20,24)(H,21,22,23). The van der Waals surface area contributed by atoms with Crippen LogP contribution < -0.4 is 10.6 Å². The van der Waals surface area contributed by atoms with Crippen LogP contribution in [0.25, 0.3) is 0 Å². The first-order valence-electron chi connectivity index (χ1n) is 7.99. The average Bonchev–Trinajstić information content (AvgIpc) is 2.58. The topological polar surface area (TPSA) is 70.6 Å². The quantitative estimate of drug-likeness (QED) is 0.886. The highest BCUT2D eigenvalue weighted by atomic mass is 32.2. The van der Waals surface area contributed by atoms with Crippen molar-refractivity contribution in [3.63, 3.8) is 0 Å². The predicted molar refractivity (Wildman–Crippen MR) is 102 cm³/mol. The molecule has 0 aliphatic carbocycles. The maximum Gasteiger partial charge on any atom is 0.238 e. The van der Waals surface area contributed by atoms with Gasteiger partial charge in [0.2, 0.25) is 11.8 Å². The Morgan fingerprint density at radius 1 is 1.16 bits per heavy atom. The number of nitrogens with zero attached hydrogens (tertiary/aromatic N) is 1. The van der Waals surface area contributed by atoms with Crippen molar-refractivity contribution < 1.29 is 9.59 Å². The van der Waals surface area contributed by atoms with Crippen LogP contribution in [0.1, 0.15) is 17.5 Å².